The van der Waals surface area contributed by atoms with Crippen molar-refractivity contribution in [3.63, 3.8) is 0 Å². The zero-order valence-electron chi connectivity index (χ0n) is 11.5. The van der Waals surface area contributed by atoms with Crippen LogP contribution in [0.5, 0.6) is 5.75 Å². The third kappa shape index (κ3) is 3.24. The smallest absolute Gasteiger partial charge is 0.159 e. The van der Waals surface area contributed by atoms with Crippen LogP contribution in [-0.2, 0) is 6.61 Å². The lowest BCUT2D eigenvalue weighted by molar-refractivity contribution is 0.101. The van der Waals surface area contributed by atoms with Crippen LogP contribution in [0, 0.1) is 18.3 Å². The highest BCUT2D eigenvalue weighted by atomic mass is 16.5. The molecule has 0 unspecified atom stereocenters. The maximum absolute atomic E-state index is 11.2. The van der Waals surface area contributed by atoms with Gasteiger partial charge in [0.25, 0.3) is 0 Å². The molecule has 0 amide bonds. The topological polar surface area (TPSA) is 50.1 Å². The summed E-state index contributed by atoms with van der Waals surface area (Å²) in [5.41, 5.74) is 3.40. The lowest BCUT2D eigenvalue weighted by Gasteiger charge is -2.09. The van der Waals surface area contributed by atoms with Crippen molar-refractivity contribution in [1.82, 2.24) is 0 Å². The van der Waals surface area contributed by atoms with Gasteiger partial charge < -0.3 is 4.74 Å². The number of ether oxygens (including phenoxy) is 1. The van der Waals surface area contributed by atoms with E-state index in [0.717, 1.165) is 16.9 Å². The van der Waals surface area contributed by atoms with Crippen LogP contribution < -0.4 is 4.74 Å². The van der Waals surface area contributed by atoms with E-state index in [9.17, 15) is 4.79 Å². The molecule has 0 aliphatic heterocycles. The third-order valence-electron chi connectivity index (χ3n) is 3.13. The molecule has 3 heteroatoms. The van der Waals surface area contributed by atoms with Gasteiger partial charge in [0.1, 0.15) is 12.4 Å². The number of hydrogen-bond acceptors (Lipinski definition) is 3. The molecule has 0 radical (unpaired) electrons. The van der Waals surface area contributed by atoms with Gasteiger partial charge in [0.05, 0.1) is 11.6 Å². The van der Waals surface area contributed by atoms with Crippen molar-refractivity contribution in [2.45, 2.75) is 20.5 Å². The minimum atomic E-state index is 0.0412. The van der Waals surface area contributed by atoms with Gasteiger partial charge >= 0.3 is 0 Å². The molecular weight excluding hydrogens is 250 g/mol. The number of hydrogen-bond donors (Lipinski definition) is 0. The fourth-order valence-corrected chi connectivity index (χ4v) is 1.87. The van der Waals surface area contributed by atoms with Crippen LogP contribution in [0.2, 0.25) is 0 Å². The average Bonchev–Trinajstić information content (AvgIpc) is 2.46. The highest BCUT2D eigenvalue weighted by Crippen LogP contribution is 2.17. The van der Waals surface area contributed by atoms with Crippen LogP contribution in [0.1, 0.15) is 34.0 Å². The molecule has 3 nitrogen and oxygen atoms in total. The summed E-state index contributed by atoms with van der Waals surface area (Å²) in [5.74, 6) is 0.762. The van der Waals surface area contributed by atoms with E-state index in [1.807, 2.05) is 19.1 Å². The number of ketones is 1. The molecule has 0 aliphatic rings. The Balaban J connectivity index is 2.05. The fourth-order valence-electron chi connectivity index (χ4n) is 1.87. The van der Waals surface area contributed by atoms with Gasteiger partial charge in [-0.1, -0.05) is 6.07 Å². The summed E-state index contributed by atoms with van der Waals surface area (Å²) in [5, 5.41) is 8.82. The van der Waals surface area contributed by atoms with E-state index in [-0.39, 0.29) is 5.78 Å². The summed E-state index contributed by atoms with van der Waals surface area (Å²) >= 11 is 0. The van der Waals surface area contributed by atoms with Gasteiger partial charge in [0, 0.05) is 5.56 Å². The number of aryl methyl sites for hydroxylation is 1. The number of carbonyl (C=O) groups excluding carboxylic acids is 1. The summed E-state index contributed by atoms with van der Waals surface area (Å²) in [7, 11) is 0. The van der Waals surface area contributed by atoms with Gasteiger partial charge in [-0.05, 0) is 61.4 Å². The second kappa shape index (κ2) is 6.03. The monoisotopic (exact) mass is 265 g/mol. The van der Waals surface area contributed by atoms with Crippen molar-refractivity contribution in [3.05, 3.63) is 64.7 Å². The van der Waals surface area contributed by atoms with Crippen molar-refractivity contribution in [2.75, 3.05) is 0 Å². The second-order valence-electron chi connectivity index (χ2n) is 4.62. The Bertz CT molecular complexity index is 666. The molecule has 0 saturated heterocycles. The van der Waals surface area contributed by atoms with Crippen LogP contribution in [0.4, 0.5) is 0 Å². The first-order chi connectivity index (χ1) is 9.60. The van der Waals surface area contributed by atoms with E-state index < -0.39 is 0 Å². The Labute approximate surface area is 118 Å². The summed E-state index contributed by atoms with van der Waals surface area (Å²) in [4.78, 5) is 11.2. The molecule has 100 valence electrons. The Morgan fingerprint density at radius 1 is 1.20 bits per heavy atom. The summed E-state index contributed by atoms with van der Waals surface area (Å²) < 4.78 is 5.69. The molecule has 2 aromatic carbocycles. The SMILES string of the molecule is CC(=O)c1ccc(OCc2ccc(C#N)cc2C)cc1. The van der Waals surface area contributed by atoms with Crippen molar-refractivity contribution < 1.29 is 9.53 Å². The van der Waals surface area contributed by atoms with Crippen LogP contribution in [0.25, 0.3) is 0 Å². The average molecular weight is 265 g/mol. The normalized spacial score (nSPS) is 9.85. The van der Waals surface area contributed by atoms with Gasteiger partial charge in [-0.3, -0.25) is 4.79 Å². The molecular formula is C17H15NO2. The standard InChI is InChI=1S/C17H15NO2/c1-12-9-14(10-18)3-4-16(12)11-20-17-7-5-15(6-8-17)13(2)19/h3-9H,11H2,1-2H3. The first-order valence-electron chi connectivity index (χ1n) is 6.33. The molecule has 2 aromatic rings. The van der Waals surface area contributed by atoms with Crippen LogP contribution in [0.3, 0.4) is 0 Å². The quantitative estimate of drug-likeness (QED) is 0.793. The van der Waals surface area contributed by atoms with Crippen LogP contribution in [0.15, 0.2) is 42.5 Å². The maximum atomic E-state index is 11.2. The van der Waals surface area contributed by atoms with Gasteiger partial charge in [-0.15, -0.1) is 0 Å². The maximum Gasteiger partial charge on any atom is 0.159 e. The number of nitrogens with zero attached hydrogens (tertiary/aromatic N) is 1. The molecule has 0 aromatic heterocycles. The van der Waals surface area contributed by atoms with E-state index >= 15 is 0 Å². The van der Waals surface area contributed by atoms with Gasteiger partial charge in [0.15, 0.2) is 5.78 Å². The predicted molar refractivity (Wildman–Crippen MR) is 76.7 cm³/mol. The van der Waals surface area contributed by atoms with E-state index in [4.69, 9.17) is 10.00 Å². The molecule has 20 heavy (non-hydrogen) atoms. The lowest BCUT2D eigenvalue weighted by Crippen LogP contribution is -1.99. The van der Waals surface area contributed by atoms with Gasteiger partial charge in [0.2, 0.25) is 0 Å². The van der Waals surface area contributed by atoms with E-state index in [2.05, 4.69) is 6.07 Å². The van der Waals surface area contributed by atoms with Gasteiger partial charge in [-0.2, -0.15) is 5.26 Å². The Morgan fingerprint density at radius 3 is 2.45 bits per heavy atom. The third-order valence-corrected chi connectivity index (χ3v) is 3.13. The molecule has 0 N–H and O–H groups in total. The summed E-state index contributed by atoms with van der Waals surface area (Å²) in [6.45, 7) is 3.94. The molecule has 0 bridgehead atoms. The van der Waals surface area contributed by atoms with Gasteiger partial charge in [-0.25, -0.2) is 0 Å². The molecule has 0 saturated carbocycles. The highest BCUT2D eigenvalue weighted by molar-refractivity contribution is 5.94. The number of Topliss-reactive ketones (excluding diaryl/α,β-unsaturated/α-hetero) is 1. The van der Waals surface area contributed by atoms with Crippen LogP contribution in [-0.4, -0.2) is 5.78 Å². The zero-order chi connectivity index (χ0) is 14.5. The summed E-state index contributed by atoms with van der Waals surface area (Å²) in [6.07, 6.45) is 0. The number of nitriles is 1. The zero-order valence-corrected chi connectivity index (χ0v) is 11.5. The Kier molecular flexibility index (Phi) is 4.17. The largest absolute Gasteiger partial charge is 0.489 e. The number of benzene rings is 2. The predicted octanol–water partition coefficient (Wildman–Crippen LogP) is 3.65. The minimum absolute atomic E-state index is 0.0412. The molecule has 0 aliphatic carbocycles. The van der Waals surface area contributed by atoms with Crippen molar-refractivity contribution >= 4 is 5.78 Å². The minimum Gasteiger partial charge on any atom is -0.489 e. The summed E-state index contributed by atoms with van der Waals surface area (Å²) in [6, 6.07) is 14.7. The second-order valence-corrected chi connectivity index (χ2v) is 4.62. The van der Waals surface area contributed by atoms with Crippen molar-refractivity contribution in [2.24, 2.45) is 0 Å². The first-order valence-corrected chi connectivity index (χ1v) is 6.33. The molecule has 0 heterocycles. The fraction of sp³-hybridized carbons (Fsp3) is 0.176. The Morgan fingerprint density at radius 2 is 1.90 bits per heavy atom. The first kappa shape index (κ1) is 13.8. The Hall–Kier alpha value is -2.60. The molecule has 0 spiro atoms. The number of rotatable bonds is 4. The lowest BCUT2D eigenvalue weighted by atomic mass is 10.1. The molecule has 0 fully saturated rings. The van der Waals surface area contributed by atoms with E-state index in [1.165, 1.54) is 6.92 Å². The van der Waals surface area contributed by atoms with Crippen molar-refractivity contribution in [3.8, 4) is 11.8 Å². The van der Waals surface area contributed by atoms with E-state index in [1.54, 1.807) is 30.3 Å². The highest BCUT2D eigenvalue weighted by Gasteiger charge is 2.03. The molecule has 2 rings (SSSR count). The molecule has 0 atom stereocenters. The van der Waals surface area contributed by atoms with Crippen molar-refractivity contribution in [1.29, 1.82) is 5.26 Å². The number of carbonyl (C=O) groups is 1. The van der Waals surface area contributed by atoms with E-state index in [0.29, 0.717) is 17.7 Å². The van der Waals surface area contributed by atoms with Crippen LogP contribution >= 0.6 is 0 Å².